The Morgan fingerprint density at radius 1 is 1.33 bits per heavy atom. The number of benzene rings is 1. The van der Waals surface area contributed by atoms with Gasteiger partial charge in [-0.05, 0) is 31.7 Å². The molecule has 0 amide bonds. The van der Waals surface area contributed by atoms with Crippen molar-refractivity contribution >= 4 is 0 Å². The van der Waals surface area contributed by atoms with Crippen molar-refractivity contribution in [3.8, 4) is 5.75 Å². The minimum atomic E-state index is -0.703. The fraction of sp³-hybridized carbons (Fsp3) is 0.600. The number of aliphatic hydroxyl groups is 1. The van der Waals surface area contributed by atoms with E-state index in [4.69, 9.17) is 4.74 Å². The van der Waals surface area contributed by atoms with Gasteiger partial charge in [0.1, 0.15) is 0 Å². The smallest absolute Gasteiger partial charge is 0.170 e. The van der Waals surface area contributed by atoms with E-state index in [1.54, 1.807) is 18.2 Å². The standard InChI is InChI=1S/C15H21FO2/c1-2-18-13-10-6-9-12(14(13)16)15(17)11-7-4-3-5-8-11/h6,9-11,15,17H,2-5,7-8H2,1H3. The molecule has 0 saturated heterocycles. The van der Waals surface area contributed by atoms with Crippen molar-refractivity contribution in [1.29, 1.82) is 0 Å². The normalized spacial score (nSPS) is 18.6. The molecule has 0 spiro atoms. The fourth-order valence-corrected chi connectivity index (χ4v) is 2.73. The van der Waals surface area contributed by atoms with E-state index in [2.05, 4.69) is 0 Å². The second kappa shape index (κ2) is 6.19. The molecule has 1 fully saturated rings. The summed E-state index contributed by atoms with van der Waals surface area (Å²) in [7, 11) is 0. The van der Waals surface area contributed by atoms with Crippen LogP contribution in [0.3, 0.4) is 0 Å². The number of ether oxygens (including phenoxy) is 1. The molecule has 0 bridgehead atoms. The molecule has 18 heavy (non-hydrogen) atoms. The summed E-state index contributed by atoms with van der Waals surface area (Å²) in [4.78, 5) is 0. The Hall–Kier alpha value is -1.09. The monoisotopic (exact) mass is 252 g/mol. The topological polar surface area (TPSA) is 29.5 Å². The zero-order valence-electron chi connectivity index (χ0n) is 10.9. The summed E-state index contributed by atoms with van der Waals surface area (Å²) in [5.41, 5.74) is 0.382. The lowest BCUT2D eigenvalue weighted by atomic mass is 9.82. The number of hydrogen-bond acceptors (Lipinski definition) is 2. The van der Waals surface area contributed by atoms with Crippen LogP contribution in [0.2, 0.25) is 0 Å². The van der Waals surface area contributed by atoms with Gasteiger partial charge in [-0.25, -0.2) is 4.39 Å². The SMILES string of the molecule is CCOc1cccc(C(O)C2CCCCC2)c1F. The average Bonchev–Trinajstić information content (AvgIpc) is 2.42. The summed E-state index contributed by atoms with van der Waals surface area (Å²) in [5, 5.41) is 10.3. The van der Waals surface area contributed by atoms with Crippen LogP contribution < -0.4 is 4.74 Å². The number of rotatable bonds is 4. The van der Waals surface area contributed by atoms with Crippen molar-refractivity contribution in [2.24, 2.45) is 5.92 Å². The first kappa shape index (κ1) is 13.3. The highest BCUT2D eigenvalue weighted by Crippen LogP contribution is 2.36. The Bertz CT molecular complexity index is 386. The van der Waals surface area contributed by atoms with Crippen LogP contribution in [0.25, 0.3) is 0 Å². The molecule has 1 aromatic carbocycles. The molecule has 3 heteroatoms. The molecule has 0 aromatic heterocycles. The van der Waals surface area contributed by atoms with Gasteiger partial charge in [0.15, 0.2) is 11.6 Å². The molecule has 1 atom stereocenters. The summed E-state index contributed by atoms with van der Waals surface area (Å²) < 4.78 is 19.4. The quantitative estimate of drug-likeness (QED) is 0.882. The van der Waals surface area contributed by atoms with E-state index in [1.807, 2.05) is 6.92 Å². The van der Waals surface area contributed by atoms with Gasteiger partial charge < -0.3 is 9.84 Å². The Morgan fingerprint density at radius 3 is 2.72 bits per heavy atom. The summed E-state index contributed by atoms with van der Waals surface area (Å²) in [6.45, 7) is 2.25. The van der Waals surface area contributed by atoms with Crippen LogP contribution in [0.5, 0.6) is 5.75 Å². The molecular weight excluding hydrogens is 231 g/mol. The maximum atomic E-state index is 14.2. The number of aliphatic hydroxyl groups excluding tert-OH is 1. The second-order valence-corrected chi connectivity index (χ2v) is 4.94. The maximum absolute atomic E-state index is 14.2. The zero-order chi connectivity index (χ0) is 13.0. The van der Waals surface area contributed by atoms with Gasteiger partial charge in [-0.15, -0.1) is 0 Å². The minimum Gasteiger partial charge on any atom is -0.491 e. The molecule has 1 aliphatic carbocycles. The Balaban J connectivity index is 2.18. The second-order valence-electron chi connectivity index (χ2n) is 4.94. The molecule has 0 aliphatic heterocycles. The Labute approximate surface area is 108 Å². The van der Waals surface area contributed by atoms with Crippen LogP contribution >= 0.6 is 0 Å². The van der Waals surface area contributed by atoms with Crippen molar-refractivity contribution in [2.45, 2.75) is 45.1 Å². The van der Waals surface area contributed by atoms with Crippen molar-refractivity contribution in [1.82, 2.24) is 0 Å². The number of hydrogen-bond donors (Lipinski definition) is 1. The van der Waals surface area contributed by atoms with Crippen molar-refractivity contribution in [3.05, 3.63) is 29.6 Å². The Kier molecular flexibility index (Phi) is 4.59. The lowest BCUT2D eigenvalue weighted by molar-refractivity contribution is 0.0810. The van der Waals surface area contributed by atoms with Crippen molar-refractivity contribution < 1.29 is 14.2 Å². The molecule has 0 heterocycles. The summed E-state index contributed by atoms with van der Waals surface area (Å²) in [6.07, 6.45) is 4.76. The highest BCUT2D eigenvalue weighted by atomic mass is 19.1. The van der Waals surface area contributed by atoms with E-state index in [1.165, 1.54) is 6.42 Å². The van der Waals surface area contributed by atoms with E-state index in [0.717, 1.165) is 25.7 Å². The third-order valence-electron chi connectivity index (χ3n) is 3.71. The van der Waals surface area contributed by atoms with Gasteiger partial charge in [0, 0.05) is 5.56 Å². The molecule has 2 nitrogen and oxygen atoms in total. The first-order valence-electron chi connectivity index (χ1n) is 6.83. The van der Waals surface area contributed by atoms with Gasteiger partial charge in [0.05, 0.1) is 12.7 Å². The first-order chi connectivity index (χ1) is 8.74. The third kappa shape index (κ3) is 2.83. The summed E-state index contributed by atoms with van der Waals surface area (Å²) in [5.74, 6) is 0.0207. The molecule has 1 aliphatic rings. The van der Waals surface area contributed by atoms with Gasteiger partial charge in [-0.2, -0.15) is 0 Å². The van der Waals surface area contributed by atoms with E-state index in [-0.39, 0.29) is 11.7 Å². The van der Waals surface area contributed by atoms with Gasteiger partial charge in [0.2, 0.25) is 0 Å². The molecule has 0 radical (unpaired) electrons. The van der Waals surface area contributed by atoms with Crippen LogP contribution in [0, 0.1) is 11.7 Å². The Morgan fingerprint density at radius 2 is 2.06 bits per heavy atom. The maximum Gasteiger partial charge on any atom is 0.170 e. The van der Waals surface area contributed by atoms with Crippen LogP contribution in [-0.4, -0.2) is 11.7 Å². The van der Waals surface area contributed by atoms with Crippen molar-refractivity contribution in [3.63, 3.8) is 0 Å². The molecule has 100 valence electrons. The van der Waals surface area contributed by atoms with E-state index in [0.29, 0.717) is 12.2 Å². The van der Waals surface area contributed by atoms with E-state index >= 15 is 0 Å². The number of halogens is 1. The van der Waals surface area contributed by atoms with E-state index in [9.17, 15) is 9.50 Å². The molecule has 1 N–H and O–H groups in total. The largest absolute Gasteiger partial charge is 0.491 e. The van der Waals surface area contributed by atoms with Gasteiger partial charge in [-0.3, -0.25) is 0 Å². The van der Waals surface area contributed by atoms with Crippen LogP contribution in [-0.2, 0) is 0 Å². The summed E-state index contributed by atoms with van der Waals surface area (Å²) >= 11 is 0. The van der Waals surface area contributed by atoms with E-state index < -0.39 is 11.9 Å². The lowest BCUT2D eigenvalue weighted by Gasteiger charge is -2.27. The average molecular weight is 252 g/mol. The predicted octanol–water partition coefficient (Wildman–Crippen LogP) is 3.84. The minimum absolute atomic E-state index is 0.185. The molecule has 1 aromatic rings. The lowest BCUT2D eigenvalue weighted by Crippen LogP contribution is -2.17. The van der Waals surface area contributed by atoms with Gasteiger partial charge >= 0.3 is 0 Å². The third-order valence-corrected chi connectivity index (χ3v) is 3.71. The van der Waals surface area contributed by atoms with Crippen LogP contribution in [0.15, 0.2) is 18.2 Å². The predicted molar refractivity (Wildman–Crippen MR) is 69.1 cm³/mol. The molecular formula is C15H21FO2. The molecule has 1 unspecified atom stereocenters. The highest BCUT2D eigenvalue weighted by Gasteiger charge is 2.26. The first-order valence-corrected chi connectivity index (χ1v) is 6.83. The molecule has 2 rings (SSSR count). The molecule has 1 saturated carbocycles. The van der Waals surface area contributed by atoms with Gasteiger partial charge in [0.25, 0.3) is 0 Å². The van der Waals surface area contributed by atoms with Crippen molar-refractivity contribution in [2.75, 3.05) is 6.61 Å². The van der Waals surface area contributed by atoms with Crippen LogP contribution in [0.1, 0.15) is 50.7 Å². The highest BCUT2D eigenvalue weighted by molar-refractivity contribution is 5.32. The van der Waals surface area contributed by atoms with Gasteiger partial charge in [-0.1, -0.05) is 31.4 Å². The van der Waals surface area contributed by atoms with Crippen LogP contribution in [0.4, 0.5) is 4.39 Å². The fourth-order valence-electron chi connectivity index (χ4n) is 2.73. The zero-order valence-corrected chi connectivity index (χ0v) is 10.9. The summed E-state index contributed by atoms with van der Waals surface area (Å²) in [6, 6.07) is 5.02.